The fourth-order valence-electron chi connectivity index (χ4n) is 3.66. The molecule has 1 N–H and O–H groups in total. The van der Waals surface area contributed by atoms with Gasteiger partial charge in [-0.15, -0.1) is 0 Å². The average molecular weight is 341 g/mol. The first-order valence-electron chi connectivity index (χ1n) is 8.87. The molecule has 3 amide bonds. The molecule has 0 unspecified atom stereocenters. The number of aryl methyl sites for hydroxylation is 2. The van der Waals surface area contributed by atoms with E-state index >= 15 is 0 Å². The molecule has 2 atom stereocenters. The van der Waals surface area contributed by atoms with Crippen LogP contribution in [-0.2, 0) is 4.79 Å². The first kappa shape index (κ1) is 17.5. The number of likely N-dealkylation sites (N-methyl/N-ethyl adjacent to an activating group) is 1. The Bertz CT molecular complexity index is 766. The van der Waals surface area contributed by atoms with E-state index in [1.807, 2.05) is 30.9 Å². The van der Waals surface area contributed by atoms with E-state index in [1.165, 1.54) is 5.56 Å². The van der Waals surface area contributed by atoms with Gasteiger partial charge in [0.05, 0.1) is 23.9 Å². The molecule has 1 aromatic carbocycles. The minimum atomic E-state index is -0.379. The normalized spacial score (nSPS) is 21.8. The van der Waals surface area contributed by atoms with Crippen molar-refractivity contribution in [2.75, 3.05) is 13.6 Å². The van der Waals surface area contributed by atoms with Crippen molar-refractivity contribution in [3.8, 4) is 0 Å². The van der Waals surface area contributed by atoms with E-state index in [2.05, 4.69) is 32.2 Å². The summed E-state index contributed by atoms with van der Waals surface area (Å²) in [4.78, 5) is 29.1. The van der Waals surface area contributed by atoms with E-state index in [0.29, 0.717) is 18.0 Å². The van der Waals surface area contributed by atoms with E-state index in [4.69, 9.17) is 0 Å². The van der Waals surface area contributed by atoms with Crippen molar-refractivity contribution in [2.45, 2.75) is 46.7 Å². The highest BCUT2D eigenvalue weighted by Gasteiger charge is 2.44. The van der Waals surface area contributed by atoms with Crippen molar-refractivity contribution in [3.63, 3.8) is 0 Å². The highest BCUT2D eigenvalue weighted by molar-refractivity contribution is 6.01. The molecule has 2 aliphatic rings. The molecule has 0 bridgehead atoms. The summed E-state index contributed by atoms with van der Waals surface area (Å²) in [6.07, 6.45) is 0. The van der Waals surface area contributed by atoms with E-state index in [9.17, 15) is 9.59 Å². The Morgan fingerprint density at radius 2 is 1.84 bits per heavy atom. The van der Waals surface area contributed by atoms with E-state index in [0.717, 1.165) is 16.8 Å². The van der Waals surface area contributed by atoms with Crippen LogP contribution in [-0.4, -0.2) is 41.4 Å². The SMILES string of the molecule is Cc1ccc([C@H]2NC(=O)N(C)C3=C2C(=O)N([C@@H](C)C(C)C)C3)c(C)c1. The van der Waals surface area contributed by atoms with Crippen LogP contribution >= 0.6 is 0 Å². The van der Waals surface area contributed by atoms with Gasteiger partial charge in [-0.1, -0.05) is 37.6 Å². The molecule has 0 spiro atoms. The van der Waals surface area contributed by atoms with Crippen molar-refractivity contribution in [3.05, 3.63) is 46.2 Å². The van der Waals surface area contributed by atoms with Crippen molar-refractivity contribution < 1.29 is 9.59 Å². The third-order valence-corrected chi connectivity index (χ3v) is 5.58. The Kier molecular flexibility index (Phi) is 4.35. The number of urea groups is 1. The summed E-state index contributed by atoms with van der Waals surface area (Å²) in [7, 11) is 1.74. The highest BCUT2D eigenvalue weighted by atomic mass is 16.2. The minimum Gasteiger partial charge on any atom is -0.330 e. The minimum absolute atomic E-state index is 0.0352. The lowest BCUT2D eigenvalue weighted by Crippen LogP contribution is -2.45. The molecule has 0 saturated heterocycles. The molecule has 1 aromatic rings. The van der Waals surface area contributed by atoms with Crippen molar-refractivity contribution in [1.29, 1.82) is 0 Å². The number of rotatable bonds is 3. The summed E-state index contributed by atoms with van der Waals surface area (Å²) in [5, 5.41) is 3.01. The lowest BCUT2D eigenvalue weighted by Gasteiger charge is -2.31. The largest absolute Gasteiger partial charge is 0.330 e. The van der Waals surface area contributed by atoms with Crippen LogP contribution in [0.15, 0.2) is 29.5 Å². The van der Waals surface area contributed by atoms with Gasteiger partial charge in [-0.05, 0) is 37.8 Å². The molecule has 5 heteroatoms. The Labute approximate surface area is 149 Å². The number of carbonyl (C=O) groups excluding carboxylic acids is 2. The van der Waals surface area contributed by atoms with Crippen LogP contribution < -0.4 is 5.32 Å². The number of nitrogens with one attached hydrogen (secondary N) is 1. The summed E-state index contributed by atoms with van der Waals surface area (Å²) >= 11 is 0. The standard InChI is InChI=1S/C20H27N3O2/c1-11(2)14(5)23-10-16-17(19(23)24)18(21-20(25)22(16)6)15-8-7-12(3)9-13(15)4/h7-9,11,14,18H,10H2,1-6H3,(H,21,25)/t14-,18+/m0/s1. The fraction of sp³-hybridized carbons (Fsp3) is 0.500. The molecule has 0 saturated carbocycles. The summed E-state index contributed by atoms with van der Waals surface area (Å²) in [5.41, 5.74) is 4.78. The maximum absolute atomic E-state index is 13.2. The molecule has 0 aromatic heterocycles. The zero-order valence-corrected chi connectivity index (χ0v) is 15.9. The predicted octanol–water partition coefficient (Wildman–Crippen LogP) is 3.14. The molecule has 3 rings (SSSR count). The van der Waals surface area contributed by atoms with Crippen LogP contribution in [0.2, 0.25) is 0 Å². The zero-order valence-electron chi connectivity index (χ0n) is 15.9. The van der Waals surface area contributed by atoms with Crippen LogP contribution in [0.25, 0.3) is 0 Å². The summed E-state index contributed by atoms with van der Waals surface area (Å²) in [6, 6.07) is 5.73. The van der Waals surface area contributed by atoms with Gasteiger partial charge in [0.15, 0.2) is 0 Å². The Morgan fingerprint density at radius 1 is 1.16 bits per heavy atom. The number of nitrogens with zero attached hydrogens (tertiary/aromatic N) is 2. The van der Waals surface area contributed by atoms with E-state index in [-0.39, 0.29) is 24.0 Å². The van der Waals surface area contributed by atoms with Gasteiger partial charge in [-0.2, -0.15) is 0 Å². The fourth-order valence-corrected chi connectivity index (χ4v) is 3.66. The van der Waals surface area contributed by atoms with Crippen LogP contribution in [0.3, 0.4) is 0 Å². The molecule has 0 aliphatic carbocycles. The van der Waals surface area contributed by atoms with Crippen LogP contribution in [0.5, 0.6) is 0 Å². The second-order valence-electron chi connectivity index (χ2n) is 7.58. The van der Waals surface area contributed by atoms with Gasteiger partial charge in [0.2, 0.25) is 0 Å². The number of carbonyl (C=O) groups is 2. The molecule has 0 radical (unpaired) electrons. The first-order valence-corrected chi connectivity index (χ1v) is 8.87. The Balaban J connectivity index is 2.06. The van der Waals surface area contributed by atoms with Crippen LogP contribution in [0.4, 0.5) is 4.79 Å². The van der Waals surface area contributed by atoms with Gasteiger partial charge in [0, 0.05) is 13.1 Å². The maximum atomic E-state index is 13.2. The molecule has 2 heterocycles. The smallest absolute Gasteiger partial charge is 0.322 e. The summed E-state index contributed by atoms with van der Waals surface area (Å²) < 4.78 is 0. The lowest BCUT2D eigenvalue weighted by atomic mass is 9.91. The zero-order chi connectivity index (χ0) is 18.5. The summed E-state index contributed by atoms with van der Waals surface area (Å²) in [5.74, 6) is 0.395. The lowest BCUT2D eigenvalue weighted by molar-refractivity contribution is -0.128. The van der Waals surface area contributed by atoms with Gasteiger partial charge in [0.25, 0.3) is 5.91 Å². The third kappa shape index (κ3) is 2.81. The quantitative estimate of drug-likeness (QED) is 0.918. The second-order valence-corrected chi connectivity index (χ2v) is 7.58. The Morgan fingerprint density at radius 3 is 2.44 bits per heavy atom. The number of benzene rings is 1. The molecule has 0 fully saturated rings. The van der Waals surface area contributed by atoms with Gasteiger partial charge in [-0.25, -0.2) is 4.79 Å². The number of hydrogen-bond donors (Lipinski definition) is 1. The molecule has 2 aliphatic heterocycles. The van der Waals surface area contributed by atoms with Gasteiger partial charge in [-0.3, -0.25) is 9.69 Å². The number of hydrogen-bond acceptors (Lipinski definition) is 2. The topological polar surface area (TPSA) is 52.7 Å². The number of amides is 3. The molecule has 25 heavy (non-hydrogen) atoms. The van der Waals surface area contributed by atoms with Crippen molar-refractivity contribution in [2.24, 2.45) is 5.92 Å². The van der Waals surface area contributed by atoms with Crippen molar-refractivity contribution >= 4 is 11.9 Å². The predicted molar refractivity (Wildman–Crippen MR) is 98.0 cm³/mol. The van der Waals surface area contributed by atoms with Crippen LogP contribution in [0, 0.1) is 19.8 Å². The second kappa shape index (κ2) is 6.21. The third-order valence-electron chi connectivity index (χ3n) is 5.58. The molecular formula is C20H27N3O2. The summed E-state index contributed by atoms with van der Waals surface area (Å²) in [6.45, 7) is 10.9. The van der Waals surface area contributed by atoms with Gasteiger partial charge >= 0.3 is 6.03 Å². The monoisotopic (exact) mass is 341 g/mol. The Hall–Kier alpha value is -2.30. The maximum Gasteiger partial charge on any atom is 0.322 e. The van der Waals surface area contributed by atoms with Crippen molar-refractivity contribution in [1.82, 2.24) is 15.1 Å². The molecular weight excluding hydrogens is 314 g/mol. The van der Waals surface area contributed by atoms with E-state index in [1.54, 1.807) is 11.9 Å². The molecule has 134 valence electrons. The van der Waals surface area contributed by atoms with Gasteiger partial charge in [0.1, 0.15) is 0 Å². The molecule has 5 nitrogen and oxygen atoms in total. The average Bonchev–Trinajstić information content (AvgIpc) is 2.88. The van der Waals surface area contributed by atoms with E-state index < -0.39 is 0 Å². The highest BCUT2D eigenvalue weighted by Crippen LogP contribution is 2.38. The van der Waals surface area contributed by atoms with Gasteiger partial charge < -0.3 is 10.2 Å². The van der Waals surface area contributed by atoms with Crippen LogP contribution in [0.1, 0.15) is 43.5 Å². The first-order chi connectivity index (χ1) is 11.7.